The van der Waals surface area contributed by atoms with Crippen molar-refractivity contribution in [3.63, 3.8) is 0 Å². The molecule has 0 amide bonds. The first-order valence-electron chi connectivity index (χ1n) is 6.96. The fourth-order valence-corrected chi connectivity index (χ4v) is 3.57. The first-order chi connectivity index (χ1) is 9.75. The van der Waals surface area contributed by atoms with Crippen LogP contribution in [0, 0.1) is 0 Å². The van der Waals surface area contributed by atoms with Gasteiger partial charge in [0, 0.05) is 22.5 Å². The van der Waals surface area contributed by atoms with Gasteiger partial charge in [-0.1, -0.05) is 53.5 Å². The van der Waals surface area contributed by atoms with E-state index in [4.69, 9.17) is 23.2 Å². The van der Waals surface area contributed by atoms with Crippen molar-refractivity contribution in [3.05, 3.63) is 69.7 Å². The summed E-state index contributed by atoms with van der Waals surface area (Å²) in [6, 6.07) is 16.4. The Balaban J connectivity index is 1.98. The molecule has 20 heavy (non-hydrogen) atoms. The second-order valence-electron chi connectivity index (χ2n) is 5.28. The Morgan fingerprint density at radius 1 is 0.950 bits per heavy atom. The van der Waals surface area contributed by atoms with Gasteiger partial charge in [-0.25, -0.2) is 0 Å². The zero-order chi connectivity index (χ0) is 13.9. The number of benzene rings is 2. The molecule has 0 aliphatic carbocycles. The number of hydrogen-bond donors (Lipinski definition) is 1. The molecule has 1 N–H and O–H groups in total. The summed E-state index contributed by atoms with van der Waals surface area (Å²) in [7, 11) is 0. The quantitative estimate of drug-likeness (QED) is 0.836. The van der Waals surface area contributed by atoms with E-state index in [1.807, 2.05) is 24.3 Å². The minimum absolute atomic E-state index is 0.399. The predicted molar refractivity (Wildman–Crippen MR) is 85.9 cm³/mol. The van der Waals surface area contributed by atoms with E-state index >= 15 is 0 Å². The van der Waals surface area contributed by atoms with Gasteiger partial charge in [0.1, 0.15) is 0 Å². The molecule has 0 spiro atoms. The van der Waals surface area contributed by atoms with E-state index in [0.717, 1.165) is 29.6 Å². The Hall–Kier alpha value is -1.02. The molecule has 0 saturated carbocycles. The summed E-state index contributed by atoms with van der Waals surface area (Å²) in [4.78, 5) is 0. The number of rotatable bonds is 2. The molecule has 1 nitrogen and oxygen atoms in total. The van der Waals surface area contributed by atoms with E-state index in [2.05, 4.69) is 29.6 Å². The monoisotopic (exact) mass is 305 g/mol. The van der Waals surface area contributed by atoms with Crippen LogP contribution in [0.5, 0.6) is 0 Å². The molecule has 1 saturated heterocycles. The van der Waals surface area contributed by atoms with Crippen LogP contribution >= 0.6 is 23.2 Å². The van der Waals surface area contributed by atoms with E-state index in [0.29, 0.717) is 11.8 Å². The first-order valence-corrected chi connectivity index (χ1v) is 7.72. The molecule has 3 rings (SSSR count). The minimum atomic E-state index is 0.399. The van der Waals surface area contributed by atoms with Crippen molar-refractivity contribution in [1.82, 2.24) is 5.32 Å². The van der Waals surface area contributed by atoms with Crippen molar-refractivity contribution < 1.29 is 0 Å². The van der Waals surface area contributed by atoms with Crippen LogP contribution in [0.1, 0.15) is 29.4 Å². The lowest BCUT2D eigenvalue weighted by molar-refractivity contribution is 0.404. The molecule has 2 atom stereocenters. The Morgan fingerprint density at radius 3 is 2.60 bits per heavy atom. The van der Waals surface area contributed by atoms with Crippen LogP contribution in [0.15, 0.2) is 48.5 Å². The van der Waals surface area contributed by atoms with Crippen molar-refractivity contribution in [3.8, 4) is 0 Å². The van der Waals surface area contributed by atoms with Crippen LogP contribution in [-0.2, 0) is 0 Å². The van der Waals surface area contributed by atoms with Crippen LogP contribution < -0.4 is 5.32 Å². The number of halogens is 2. The van der Waals surface area contributed by atoms with Crippen LogP contribution in [-0.4, -0.2) is 13.1 Å². The van der Waals surface area contributed by atoms with Gasteiger partial charge in [0.25, 0.3) is 0 Å². The standard InChI is InChI=1S/C17H17Cl2N/c18-13-5-3-4-12(10-13)14-8-9-20-11-16(14)15-6-1-2-7-17(15)19/h1-7,10,14,16,20H,8-9,11H2. The Bertz CT molecular complexity index is 597. The molecule has 104 valence electrons. The average Bonchev–Trinajstić information content (AvgIpc) is 2.48. The highest BCUT2D eigenvalue weighted by atomic mass is 35.5. The van der Waals surface area contributed by atoms with Gasteiger partial charge >= 0.3 is 0 Å². The highest BCUT2D eigenvalue weighted by Crippen LogP contribution is 2.40. The summed E-state index contributed by atoms with van der Waals surface area (Å²) in [5, 5.41) is 5.14. The van der Waals surface area contributed by atoms with Crippen molar-refractivity contribution in [2.75, 3.05) is 13.1 Å². The maximum absolute atomic E-state index is 6.39. The molecule has 3 heteroatoms. The van der Waals surface area contributed by atoms with Crippen molar-refractivity contribution >= 4 is 23.2 Å². The topological polar surface area (TPSA) is 12.0 Å². The Labute approximate surface area is 129 Å². The van der Waals surface area contributed by atoms with Crippen molar-refractivity contribution in [1.29, 1.82) is 0 Å². The van der Waals surface area contributed by atoms with Crippen LogP contribution in [0.25, 0.3) is 0 Å². The number of piperidine rings is 1. The van der Waals surface area contributed by atoms with Gasteiger partial charge < -0.3 is 5.32 Å². The fraction of sp³-hybridized carbons (Fsp3) is 0.294. The van der Waals surface area contributed by atoms with Crippen LogP contribution in [0.3, 0.4) is 0 Å². The molecule has 2 aromatic carbocycles. The third kappa shape index (κ3) is 2.85. The van der Waals surface area contributed by atoms with E-state index in [1.165, 1.54) is 11.1 Å². The van der Waals surface area contributed by atoms with Gasteiger partial charge in [-0.3, -0.25) is 0 Å². The lowest BCUT2D eigenvalue weighted by Gasteiger charge is -2.33. The summed E-state index contributed by atoms with van der Waals surface area (Å²) in [6.45, 7) is 2.00. The second kappa shape index (κ2) is 6.17. The summed E-state index contributed by atoms with van der Waals surface area (Å²) in [5.41, 5.74) is 2.54. The predicted octanol–water partition coefficient (Wildman–Crippen LogP) is 4.85. The highest BCUT2D eigenvalue weighted by molar-refractivity contribution is 6.31. The number of hydrogen-bond acceptors (Lipinski definition) is 1. The van der Waals surface area contributed by atoms with Crippen LogP contribution in [0.4, 0.5) is 0 Å². The molecule has 2 unspecified atom stereocenters. The summed E-state index contributed by atoms with van der Waals surface area (Å²) >= 11 is 12.5. The normalized spacial score (nSPS) is 22.7. The van der Waals surface area contributed by atoms with Gasteiger partial charge in [-0.05, 0) is 48.2 Å². The average molecular weight is 306 g/mol. The highest BCUT2D eigenvalue weighted by Gasteiger charge is 2.28. The molecule has 1 heterocycles. The van der Waals surface area contributed by atoms with E-state index in [9.17, 15) is 0 Å². The Morgan fingerprint density at radius 2 is 1.80 bits per heavy atom. The third-order valence-electron chi connectivity index (χ3n) is 4.06. The lowest BCUT2D eigenvalue weighted by Crippen LogP contribution is -2.34. The molecule has 0 aromatic heterocycles. The third-order valence-corrected chi connectivity index (χ3v) is 4.64. The largest absolute Gasteiger partial charge is 0.316 e. The zero-order valence-electron chi connectivity index (χ0n) is 11.2. The molecule has 1 aliphatic heterocycles. The van der Waals surface area contributed by atoms with Crippen molar-refractivity contribution in [2.24, 2.45) is 0 Å². The Kier molecular flexibility index (Phi) is 4.30. The van der Waals surface area contributed by atoms with E-state index < -0.39 is 0 Å². The molecule has 0 bridgehead atoms. The molecular formula is C17H17Cl2N. The SMILES string of the molecule is Clc1cccc(C2CCNCC2c2ccccc2Cl)c1. The minimum Gasteiger partial charge on any atom is -0.316 e. The van der Waals surface area contributed by atoms with Gasteiger partial charge in [0.2, 0.25) is 0 Å². The maximum Gasteiger partial charge on any atom is 0.0441 e. The van der Waals surface area contributed by atoms with Gasteiger partial charge in [-0.15, -0.1) is 0 Å². The first kappa shape index (κ1) is 13.9. The molecule has 1 aliphatic rings. The summed E-state index contributed by atoms with van der Waals surface area (Å²) < 4.78 is 0. The second-order valence-corrected chi connectivity index (χ2v) is 6.13. The molecule has 2 aromatic rings. The number of nitrogens with one attached hydrogen (secondary N) is 1. The zero-order valence-corrected chi connectivity index (χ0v) is 12.7. The molecule has 0 radical (unpaired) electrons. The summed E-state index contributed by atoms with van der Waals surface area (Å²) in [5.74, 6) is 0.866. The van der Waals surface area contributed by atoms with Gasteiger partial charge in [-0.2, -0.15) is 0 Å². The van der Waals surface area contributed by atoms with Gasteiger partial charge in [0.15, 0.2) is 0 Å². The summed E-state index contributed by atoms with van der Waals surface area (Å²) in [6.07, 6.45) is 1.11. The lowest BCUT2D eigenvalue weighted by atomic mass is 9.77. The van der Waals surface area contributed by atoms with E-state index in [-0.39, 0.29) is 0 Å². The van der Waals surface area contributed by atoms with Crippen molar-refractivity contribution in [2.45, 2.75) is 18.3 Å². The molecular weight excluding hydrogens is 289 g/mol. The van der Waals surface area contributed by atoms with E-state index in [1.54, 1.807) is 0 Å². The van der Waals surface area contributed by atoms with Crippen LogP contribution in [0.2, 0.25) is 10.0 Å². The maximum atomic E-state index is 6.39. The smallest absolute Gasteiger partial charge is 0.0441 e. The molecule has 1 fully saturated rings. The fourth-order valence-electron chi connectivity index (χ4n) is 3.10. The van der Waals surface area contributed by atoms with Gasteiger partial charge in [0.05, 0.1) is 0 Å².